The van der Waals surface area contributed by atoms with Crippen molar-refractivity contribution in [3.63, 3.8) is 0 Å². The molecule has 0 bridgehead atoms. The minimum absolute atomic E-state index is 0.0328. The second kappa shape index (κ2) is 10.3. The third-order valence-corrected chi connectivity index (χ3v) is 11.4. The summed E-state index contributed by atoms with van der Waals surface area (Å²) in [5, 5.41) is 24.9. The number of allylic oxidation sites excluding steroid dienone is 4. The number of alkyl halides is 2. The van der Waals surface area contributed by atoms with Gasteiger partial charge in [0, 0.05) is 41.1 Å². The molecule has 8 nitrogen and oxygen atoms in total. The molecule has 5 aliphatic rings. The molecule has 3 N–H and O–H groups in total. The molecule has 1 saturated heterocycles. The van der Waals surface area contributed by atoms with Gasteiger partial charge in [0.05, 0.1) is 12.2 Å². The molecular weight excluding hydrogens is 584 g/mol. The SMILES string of the molecule is CNc1cccc(Oc2ccc([C@@H]3O[C@@H]4C[C@H]5[C@@H]6C[C@H](F)C7=CC(=O)C=C[C@]7(C)[C@@]6(F)[C@@H](O)C[C@]5(C)[C@]4(C(=O)CO)O3)cc2)c1. The Hall–Kier alpha value is -3.44. The third kappa shape index (κ3) is 4.01. The van der Waals surface area contributed by atoms with Crippen molar-refractivity contribution in [2.75, 3.05) is 19.0 Å². The first-order valence-electron chi connectivity index (χ1n) is 15.4. The van der Waals surface area contributed by atoms with Gasteiger partial charge < -0.3 is 29.7 Å². The zero-order valence-corrected chi connectivity index (χ0v) is 25.3. The molecule has 1 aliphatic heterocycles. The number of hydrogen-bond acceptors (Lipinski definition) is 8. The van der Waals surface area contributed by atoms with Crippen LogP contribution < -0.4 is 10.1 Å². The summed E-state index contributed by atoms with van der Waals surface area (Å²) < 4.78 is 52.3. The minimum atomic E-state index is -2.30. The molecule has 0 aromatic heterocycles. The molecule has 0 spiro atoms. The summed E-state index contributed by atoms with van der Waals surface area (Å²) in [5.74, 6) is -1.43. The Bertz CT molecular complexity index is 1610. The van der Waals surface area contributed by atoms with Gasteiger partial charge in [0.2, 0.25) is 0 Å². The Morgan fingerprint density at radius 3 is 2.58 bits per heavy atom. The Morgan fingerprint density at radius 2 is 1.87 bits per heavy atom. The maximum Gasteiger partial charge on any atom is 0.193 e. The molecule has 2 aromatic carbocycles. The van der Waals surface area contributed by atoms with Gasteiger partial charge in [0.25, 0.3) is 0 Å². The molecule has 238 valence electrons. The first-order valence-corrected chi connectivity index (χ1v) is 15.4. The van der Waals surface area contributed by atoms with Crippen LogP contribution in [-0.4, -0.2) is 65.1 Å². The number of benzene rings is 2. The zero-order chi connectivity index (χ0) is 31.9. The number of Topliss-reactive ketones (excluding diaryl/α,β-unsaturated/α-hetero) is 1. The second-order valence-electron chi connectivity index (χ2n) is 13.4. The molecule has 7 rings (SSSR count). The summed E-state index contributed by atoms with van der Waals surface area (Å²) in [5.41, 5.74) is -5.17. The summed E-state index contributed by atoms with van der Waals surface area (Å²) in [4.78, 5) is 25.8. The molecule has 0 radical (unpaired) electrons. The largest absolute Gasteiger partial charge is 0.457 e. The van der Waals surface area contributed by atoms with Crippen LogP contribution >= 0.6 is 0 Å². The van der Waals surface area contributed by atoms with Gasteiger partial charge in [-0.2, -0.15) is 0 Å². The van der Waals surface area contributed by atoms with Crippen LogP contribution in [0.4, 0.5) is 14.5 Å². The fourth-order valence-corrected chi connectivity index (χ4v) is 9.26. The molecule has 4 fully saturated rings. The number of ketones is 2. The standard InChI is InChI=1S/C35H37F2NO7/c1-32-12-11-21(40)14-26(32)27(36)15-25-24-16-30-35(29(42)18-39,33(24,2)17-28(41)34(25,32)37)45-31(44-30)19-7-9-22(10-8-19)43-23-6-4-5-20(13-23)38-3/h4-14,24-25,27-28,30-31,38-39,41H,15-18H2,1-3H3/t24-,25-,27-,28-,30+,31+,32-,33-,34-,35+/m0/s1. The lowest BCUT2D eigenvalue weighted by Crippen LogP contribution is -2.70. The molecular formula is C35H37F2NO7. The molecule has 3 saturated carbocycles. The van der Waals surface area contributed by atoms with Crippen LogP contribution in [0.5, 0.6) is 11.5 Å². The Balaban J connectivity index is 1.20. The molecule has 1 heterocycles. The molecule has 10 heteroatoms. The van der Waals surface area contributed by atoms with Gasteiger partial charge in [-0.15, -0.1) is 0 Å². The van der Waals surface area contributed by atoms with Gasteiger partial charge in [-0.3, -0.25) is 9.59 Å². The fourth-order valence-electron chi connectivity index (χ4n) is 9.26. The lowest BCUT2D eigenvalue weighted by Gasteiger charge is -2.63. The topological polar surface area (TPSA) is 114 Å². The number of carbonyl (C=O) groups excluding carboxylic acids is 2. The Labute approximate surface area is 260 Å². The van der Waals surface area contributed by atoms with Crippen molar-refractivity contribution >= 4 is 17.3 Å². The van der Waals surface area contributed by atoms with Gasteiger partial charge in [0.15, 0.2) is 29.1 Å². The van der Waals surface area contributed by atoms with Gasteiger partial charge in [-0.05, 0) is 74.1 Å². The van der Waals surface area contributed by atoms with Crippen LogP contribution in [-0.2, 0) is 19.1 Å². The van der Waals surface area contributed by atoms with Crippen LogP contribution in [0, 0.1) is 22.7 Å². The number of ether oxygens (including phenoxy) is 3. The second-order valence-corrected chi connectivity index (χ2v) is 13.4. The van der Waals surface area contributed by atoms with E-state index in [1.165, 1.54) is 19.1 Å². The van der Waals surface area contributed by atoms with Crippen molar-refractivity contribution in [1.29, 1.82) is 0 Å². The van der Waals surface area contributed by atoms with Crippen LogP contribution in [0.3, 0.4) is 0 Å². The van der Waals surface area contributed by atoms with Gasteiger partial charge >= 0.3 is 0 Å². The van der Waals surface area contributed by atoms with Crippen LogP contribution in [0.1, 0.15) is 45.0 Å². The van der Waals surface area contributed by atoms with Crippen molar-refractivity contribution in [2.24, 2.45) is 22.7 Å². The number of anilines is 1. The quantitative estimate of drug-likeness (QED) is 0.405. The number of aliphatic hydroxyl groups excluding tert-OH is 2. The highest BCUT2D eigenvalue weighted by molar-refractivity contribution is 6.01. The van der Waals surface area contributed by atoms with E-state index >= 15 is 8.78 Å². The molecule has 2 aromatic rings. The van der Waals surface area contributed by atoms with Crippen LogP contribution in [0.2, 0.25) is 0 Å². The zero-order valence-electron chi connectivity index (χ0n) is 25.3. The van der Waals surface area contributed by atoms with E-state index in [9.17, 15) is 19.8 Å². The van der Waals surface area contributed by atoms with E-state index in [0.717, 1.165) is 11.8 Å². The Morgan fingerprint density at radius 1 is 1.11 bits per heavy atom. The van der Waals surface area contributed by atoms with E-state index in [-0.39, 0.29) is 24.8 Å². The van der Waals surface area contributed by atoms with Crippen molar-refractivity contribution in [1.82, 2.24) is 0 Å². The molecule has 0 amide bonds. The smallest absolute Gasteiger partial charge is 0.193 e. The van der Waals surface area contributed by atoms with Gasteiger partial charge in [-0.25, -0.2) is 8.78 Å². The number of carbonyl (C=O) groups is 2. The van der Waals surface area contributed by atoms with Gasteiger partial charge in [0.1, 0.15) is 24.3 Å². The molecule has 0 unspecified atom stereocenters. The number of aliphatic hydroxyl groups is 2. The summed E-state index contributed by atoms with van der Waals surface area (Å²) in [6.07, 6.45) is -1.54. The van der Waals surface area contributed by atoms with Crippen LogP contribution in [0.15, 0.2) is 72.3 Å². The highest BCUT2D eigenvalue weighted by Crippen LogP contribution is 2.72. The van der Waals surface area contributed by atoms with E-state index in [2.05, 4.69) is 5.32 Å². The number of hydrogen-bond donors (Lipinski definition) is 3. The average molecular weight is 622 g/mol. The fraction of sp³-hybridized carbons (Fsp3) is 0.486. The summed E-state index contributed by atoms with van der Waals surface area (Å²) in [6, 6.07) is 14.5. The highest BCUT2D eigenvalue weighted by atomic mass is 19.1. The third-order valence-electron chi connectivity index (χ3n) is 11.4. The molecule has 4 aliphatic carbocycles. The van der Waals surface area contributed by atoms with E-state index in [1.54, 1.807) is 31.2 Å². The lowest BCUT2D eigenvalue weighted by molar-refractivity contribution is -0.235. The van der Waals surface area contributed by atoms with E-state index in [4.69, 9.17) is 14.2 Å². The predicted molar refractivity (Wildman–Crippen MR) is 160 cm³/mol. The summed E-state index contributed by atoms with van der Waals surface area (Å²) >= 11 is 0. The minimum Gasteiger partial charge on any atom is -0.457 e. The van der Waals surface area contributed by atoms with Crippen molar-refractivity contribution < 1.29 is 42.8 Å². The molecule has 45 heavy (non-hydrogen) atoms. The Kier molecular flexibility index (Phi) is 6.91. The van der Waals surface area contributed by atoms with Crippen molar-refractivity contribution in [2.45, 2.75) is 69.0 Å². The van der Waals surface area contributed by atoms with Crippen LogP contribution in [0.25, 0.3) is 0 Å². The maximum absolute atomic E-state index is 17.6. The van der Waals surface area contributed by atoms with Crippen molar-refractivity contribution in [3.8, 4) is 11.5 Å². The summed E-state index contributed by atoms with van der Waals surface area (Å²) in [6.45, 7) is 2.46. The highest BCUT2D eigenvalue weighted by Gasteiger charge is 2.80. The van der Waals surface area contributed by atoms with Crippen molar-refractivity contribution in [3.05, 3.63) is 77.9 Å². The first kappa shape index (κ1) is 30.2. The molecule has 10 atom stereocenters. The number of rotatable bonds is 6. The predicted octanol–water partition coefficient (Wildman–Crippen LogP) is 5.16. The maximum atomic E-state index is 17.6. The first-order chi connectivity index (χ1) is 21.4. The summed E-state index contributed by atoms with van der Waals surface area (Å²) in [7, 11) is 1.82. The monoisotopic (exact) mass is 621 g/mol. The average Bonchev–Trinajstić information content (AvgIpc) is 3.53. The van der Waals surface area contributed by atoms with E-state index < -0.39 is 76.8 Å². The normalized spacial score (nSPS) is 41.4. The van der Waals surface area contributed by atoms with E-state index in [0.29, 0.717) is 17.1 Å². The number of halogens is 2. The number of nitrogens with one attached hydrogen (secondary N) is 1. The van der Waals surface area contributed by atoms with Gasteiger partial charge in [-0.1, -0.05) is 31.2 Å². The van der Waals surface area contributed by atoms with E-state index in [1.807, 2.05) is 31.3 Å². The number of fused-ring (bicyclic) bond motifs is 7. The lowest BCUT2D eigenvalue weighted by atomic mass is 9.44.